The average molecular weight is 291 g/mol. The van der Waals surface area contributed by atoms with Crippen LogP contribution in [-0.4, -0.2) is 43.2 Å². The van der Waals surface area contributed by atoms with Crippen LogP contribution in [0.15, 0.2) is 0 Å². The third-order valence-corrected chi connectivity index (χ3v) is 6.45. The normalized spacial score (nSPS) is 24.9. The molecule has 1 unspecified atom stereocenters. The van der Waals surface area contributed by atoms with Gasteiger partial charge in [0.1, 0.15) is 0 Å². The van der Waals surface area contributed by atoms with Gasteiger partial charge in [-0.2, -0.15) is 0 Å². The minimum atomic E-state index is -2.77. The summed E-state index contributed by atoms with van der Waals surface area (Å²) in [6.45, 7) is 12.3. The second-order valence-corrected chi connectivity index (χ2v) is 9.84. The molecular weight excluding hydrogens is 261 g/mol. The molecule has 0 aromatic carbocycles. The van der Waals surface area contributed by atoms with Crippen molar-refractivity contribution in [2.24, 2.45) is 5.41 Å². The van der Waals surface area contributed by atoms with Crippen molar-refractivity contribution in [3.05, 3.63) is 0 Å². The second-order valence-electron chi connectivity index (χ2n) is 6.91. The first kappa shape index (κ1) is 17.2. The summed E-state index contributed by atoms with van der Waals surface area (Å²) >= 11 is 0. The van der Waals surface area contributed by atoms with Crippen LogP contribution in [0.3, 0.4) is 0 Å². The maximum Gasteiger partial charge on any atom is 0.275 e. The Hall–Kier alpha value is 0.110. The Balaban J connectivity index is 2.83. The fraction of sp³-hybridized carbons (Fsp3) is 1.00. The molecule has 0 aliphatic carbocycles. The SMILES string of the molecule is COC[C@H]1CCCN1P(=O)(OCC(C)(C)C)C(C)C. The minimum absolute atomic E-state index is 0.0207. The summed E-state index contributed by atoms with van der Waals surface area (Å²) < 4.78 is 26.6. The van der Waals surface area contributed by atoms with E-state index in [1.165, 1.54) is 0 Å². The Labute approximate surface area is 118 Å². The molecule has 1 saturated heterocycles. The van der Waals surface area contributed by atoms with Gasteiger partial charge >= 0.3 is 0 Å². The first-order chi connectivity index (χ1) is 8.70. The lowest BCUT2D eigenvalue weighted by atomic mass is 9.99. The molecule has 0 bridgehead atoms. The molecule has 5 heteroatoms. The summed E-state index contributed by atoms with van der Waals surface area (Å²) in [5.41, 5.74) is 0.0495. The van der Waals surface area contributed by atoms with Crippen molar-refractivity contribution in [2.45, 2.75) is 59.2 Å². The molecule has 19 heavy (non-hydrogen) atoms. The Morgan fingerprint density at radius 2 is 2.00 bits per heavy atom. The van der Waals surface area contributed by atoms with Crippen molar-refractivity contribution in [1.82, 2.24) is 4.67 Å². The standard InChI is InChI=1S/C14H30NO3P/c1-12(2)19(16,18-11-14(3,4)5)15-9-7-8-13(15)10-17-6/h12-13H,7-11H2,1-6H3/t13-,19?/m1/s1. The van der Waals surface area contributed by atoms with Crippen molar-refractivity contribution in [2.75, 3.05) is 26.9 Å². The summed E-state index contributed by atoms with van der Waals surface area (Å²) in [4.78, 5) is 0. The highest BCUT2D eigenvalue weighted by atomic mass is 31.2. The zero-order chi connectivity index (χ0) is 14.7. The van der Waals surface area contributed by atoms with Crippen LogP contribution in [0, 0.1) is 5.41 Å². The van der Waals surface area contributed by atoms with Gasteiger partial charge in [0, 0.05) is 25.4 Å². The molecule has 114 valence electrons. The van der Waals surface area contributed by atoms with Crippen molar-refractivity contribution in [1.29, 1.82) is 0 Å². The molecule has 0 amide bonds. The van der Waals surface area contributed by atoms with Crippen LogP contribution in [0.4, 0.5) is 0 Å². The number of hydrogen-bond donors (Lipinski definition) is 0. The van der Waals surface area contributed by atoms with Gasteiger partial charge in [-0.3, -0.25) is 4.57 Å². The smallest absolute Gasteiger partial charge is 0.275 e. The fourth-order valence-electron chi connectivity index (χ4n) is 2.36. The fourth-order valence-corrected chi connectivity index (χ4v) is 5.02. The topological polar surface area (TPSA) is 38.8 Å². The van der Waals surface area contributed by atoms with Crippen LogP contribution < -0.4 is 0 Å². The van der Waals surface area contributed by atoms with E-state index in [2.05, 4.69) is 25.4 Å². The lowest BCUT2D eigenvalue weighted by Crippen LogP contribution is -2.34. The molecule has 0 radical (unpaired) electrons. The van der Waals surface area contributed by atoms with Crippen LogP contribution in [0.25, 0.3) is 0 Å². The van der Waals surface area contributed by atoms with Gasteiger partial charge in [0.15, 0.2) is 0 Å². The molecular formula is C14H30NO3P. The molecule has 2 atom stereocenters. The van der Waals surface area contributed by atoms with E-state index in [4.69, 9.17) is 9.26 Å². The summed E-state index contributed by atoms with van der Waals surface area (Å²) in [6, 6.07) is 0.234. The number of methoxy groups -OCH3 is 1. The third-order valence-electron chi connectivity index (χ3n) is 3.40. The van der Waals surface area contributed by atoms with Crippen molar-refractivity contribution >= 4 is 7.52 Å². The second kappa shape index (κ2) is 6.71. The molecule has 1 fully saturated rings. The largest absolute Gasteiger partial charge is 0.383 e. The number of rotatable bonds is 6. The highest BCUT2D eigenvalue weighted by molar-refractivity contribution is 7.57. The molecule has 0 spiro atoms. The van der Waals surface area contributed by atoms with Gasteiger partial charge in [-0.1, -0.05) is 34.6 Å². The first-order valence-electron chi connectivity index (χ1n) is 7.21. The Morgan fingerprint density at radius 1 is 1.37 bits per heavy atom. The summed E-state index contributed by atoms with van der Waals surface area (Å²) in [5, 5.41) is 0. The molecule has 0 N–H and O–H groups in total. The lowest BCUT2D eigenvalue weighted by molar-refractivity contribution is 0.128. The first-order valence-corrected chi connectivity index (χ1v) is 8.85. The molecule has 1 rings (SSSR count). The lowest BCUT2D eigenvalue weighted by Gasteiger charge is -2.36. The third kappa shape index (κ3) is 4.56. The van der Waals surface area contributed by atoms with Gasteiger partial charge in [-0.15, -0.1) is 0 Å². The zero-order valence-electron chi connectivity index (χ0n) is 13.3. The number of ether oxygens (including phenoxy) is 1. The molecule has 0 saturated carbocycles. The molecule has 0 aromatic heterocycles. The van der Waals surface area contributed by atoms with E-state index < -0.39 is 7.52 Å². The number of nitrogens with zero attached hydrogens (tertiary/aromatic N) is 1. The predicted molar refractivity (Wildman–Crippen MR) is 79.8 cm³/mol. The van der Waals surface area contributed by atoms with E-state index in [0.29, 0.717) is 13.2 Å². The van der Waals surface area contributed by atoms with Gasteiger partial charge in [0.05, 0.1) is 13.2 Å². The highest BCUT2D eigenvalue weighted by Gasteiger charge is 2.42. The van der Waals surface area contributed by atoms with Crippen LogP contribution in [0.2, 0.25) is 0 Å². The molecule has 4 nitrogen and oxygen atoms in total. The Morgan fingerprint density at radius 3 is 2.47 bits per heavy atom. The Kier molecular flexibility index (Phi) is 6.06. The van der Waals surface area contributed by atoms with Gasteiger partial charge in [0.2, 0.25) is 0 Å². The van der Waals surface area contributed by atoms with E-state index in [1.54, 1.807) is 7.11 Å². The average Bonchev–Trinajstić information content (AvgIpc) is 2.74. The van der Waals surface area contributed by atoms with Crippen molar-refractivity contribution < 1.29 is 13.8 Å². The molecule has 1 aliphatic rings. The molecule has 1 heterocycles. The van der Waals surface area contributed by atoms with E-state index in [0.717, 1.165) is 19.4 Å². The van der Waals surface area contributed by atoms with E-state index >= 15 is 0 Å². The van der Waals surface area contributed by atoms with Crippen LogP contribution in [0.5, 0.6) is 0 Å². The molecule has 1 aliphatic heterocycles. The van der Waals surface area contributed by atoms with Crippen LogP contribution in [0.1, 0.15) is 47.5 Å². The van der Waals surface area contributed by atoms with E-state index in [9.17, 15) is 4.57 Å². The van der Waals surface area contributed by atoms with Gasteiger partial charge in [-0.05, 0) is 18.3 Å². The van der Waals surface area contributed by atoms with E-state index in [-0.39, 0.29) is 17.1 Å². The quantitative estimate of drug-likeness (QED) is 0.698. The Bertz CT molecular complexity index is 325. The summed E-state index contributed by atoms with van der Waals surface area (Å²) in [6.07, 6.45) is 2.12. The summed E-state index contributed by atoms with van der Waals surface area (Å²) in [7, 11) is -1.07. The van der Waals surface area contributed by atoms with Crippen LogP contribution in [-0.2, 0) is 13.8 Å². The number of hydrogen-bond acceptors (Lipinski definition) is 3. The van der Waals surface area contributed by atoms with Crippen molar-refractivity contribution in [3.63, 3.8) is 0 Å². The van der Waals surface area contributed by atoms with Crippen LogP contribution >= 0.6 is 7.52 Å². The molecule has 0 aromatic rings. The van der Waals surface area contributed by atoms with Gasteiger partial charge in [-0.25, -0.2) is 4.67 Å². The van der Waals surface area contributed by atoms with Gasteiger partial charge < -0.3 is 9.26 Å². The van der Waals surface area contributed by atoms with Gasteiger partial charge in [0.25, 0.3) is 7.52 Å². The maximum atomic E-state index is 13.3. The van der Waals surface area contributed by atoms with Crippen molar-refractivity contribution in [3.8, 4) is 0 Å². The maximum absolute atomic E-state index is 13.3. The highest BCUT2D eigenvalue weighted by Crippen LogP contribution is 2.58. The monoisotopic (exact) mass is 291 g/mol. The predicted octanol–water partition coefficient (Wildman–Crippen LogP) is 3.76. The van der Waals surface area contributed by atoms with E-state index in [1.807, 2.05) is 13.8 Å². The summed E-state index contributed by atoms with van der Waals surface area (Å²) in [5.74, 6) is 0. The minimum Gasteiger partial charge on any atom is -0.383 e. The zero-order valence-corrected chi connectivity index (χ0v) is 14.2.